The van der Waals surface area contributed by atoms with Crippen LogP contribution in [0, 0.1) is 0 Å². The summed E-state index contributed by atoms with van der Waals surface area (Å²) in [7, 11) is 22.3. The average Bonchev–Trinajstić information content (AvgIpc) is 2.64. The molecule has 0 aliphatic rings. The molecule has 0 saturated heterocycles. The van der Waals surface area contributed by atoms with E-state index in [0.717, 1.165) is 24.1 Å². The first-order valence-corrected chi connectivity index (χ1v) is 7.70. The fraction of sp³-hybridized carbons (Fsp3) is 0.200. The van der Waals surface area contributed by atoms with Crippen molar-refractivity contribution in [3.63, 3.8) is 0 Å². The number of nitrogens with zero attached hydrogens (tertiary/aromatic N) is 4. The van der Waals surface area contributed by atoms with Gasteiger partial charge in [0.05, 0.1) is 19.1 Å². The van der Waals surface area contributed by atoms with Gasteiger partial charge in [-0.05, 0) is 18.6 Å². The Morgan fingerprint density at radius 1 is 0.958 bits per heavy atom. The van der Waals surface area contributed by atoms with Gasteiger partial charge in [-0.25, -0.2) is 4.98 Å². The molecule has 99 valence electrons. The Morgan fingerprint density at radius 2 is 1.75 bits per heavy atom. The Bertz CT molecular complexity index is 577. The molecule has 2 aromatic heterocycles. The first-order valence-electron chi connectivity index (χ1n) is 7.70. The van der Waals surface area contributed by atoms with Gasteiger partial charge in [0.25, 0.3) is 0 Å². The van der Waals surface area contributed by atoms with Gasteiger partial charge in [0.2, 0.25) is 5.82 Å². The molecule has 0 aliphatic carbocycles. The van der Waals surface area contributed by atoms with Crippen molar-refractivity contribution in [2.75, 3.05) is 0 Å². The molecule has 24 heavy (non-hydrogen) atoms. The monoisotopic (exact) mass is 295 g/mol. The first-order chi connectivity index (χ1) is 11.9. The smallest absolute Gasteiger partial charge is 0.200 e. The predicted octanol–water partition coefficient (Wildman–Crippen LogP) is -2.36. The van der Waals surface area contributed by atoms with E-state index in [2.05, 4.69) is 27.3 Å². The van der Waals surface area contributed by atoms with Crippen LogP contribution in [-0.2, 0) is 6.42 Å². The highest BCUT2D eigenvalue weighted by Gasteiger charge is 2.05. The van der Waals surface area contributed by atoms with Crippen molar-refractivity contribution in [2.45, 2.75) is 12.7 Å². The molecule has 2 heterocycles. The Morgan fingerprint density at radius 3 is 2.50 bits per heavy atom. The molecule has 0 bridgehead atoms. The zero-order chi connectivity index (χ0) is 16.9. The number of aromatic nitrogens is 4. The summed E-state index contributed by atoms with van der Waals surface area (Å²) in [6.07, 6.45) is 5.11. The van der Waals surface area contributed by atoms with Crippen LogP contribution in [0.25, 0.3) is 11.5 Å². The van der Waals surface area contributed by atoms with Crippen LogP contribution in [0.2, 0.25) is 6.32 Å². The molecule has 4 nitrogen and oxygen atoms in total. The van der Waals surface area contributed by atoms with Crippen LogP contribution in [0.4, 0.5) is 0 Å². The van der Waals surface area contributed by atoms with Crippen LogP contribution in [-0.4, -0.2) is 91.6 Å². The normalized spacial score (nSPS) is 9.33. The van der Waals surface area contributed by atoms with Crippen LogP contribution in [0.3, 0.4) is 0 Å². The zero-order valence-electron chi connectivity index (χ0n) is 13.4. The largest absolute Gasteiger partial charge is 0.253 e. The van der Waals surface area contributed by atoms with Gasteiger partial charge in [0, 0.05) is 70.4 Å². The molecule has 0 unspecified atom stereocenters. The maximum absolute atomic E-state index is 5.22. The van der Waals surface area contributed by atoms with Gasteiger partial charge in [-0.1, -0.05) is 12.4 Å². The third kappa shape index (κ3) is 7.59. The van der Waals surface area contributed by atoms with Gasteiger partial charge in [0.15, 0.2) is 0 Å². The predicted molar refractivity (Wildman–Crippen MR) is 109 cm³/mol. The van der Waals surface area contributed by atoms with E-state index in [1.54, 1.807) is 19.5 Å². The van der Waals surface area contributed by atoms with Crippen molar-refractivity contribution < 1.29 is 0 Å². The summed E-state index contributed by atoms with van der Waals surface area (Å²) in [6, 6.07) is 5.65. The van der Waals surface area contributed by atoms with Gasteiger partial charge in [-0.2, -0.15) is 5.10 Å². The zero-order valence-corrected chi connectivity index (χ0v) is 13.4. The highest BCUT2D eigenvalue weighted by molar-refractivity contribution is 7.68. The van der Waals surface area contributed by atoms with Crippen molar-refractivity contribution in [2.24, 2.45) is 0 Å². The highest BCUT2D eigenvalue weighted by Crippen LogP contribution is 2.10. The number of hydrogen-bond donors (Lipinski definition) is 0. The van der Waals surface area contributed by atoms with E-state index in [1.165, 1.54) is 7.06 Å². The standard InChI is InChI=1S/C10H9B10N4/c11-13-15-17-19-20-18-16-14-12-5-4-8-7-22-24-10(23-8)9-3-1-2-6-21-9/h1-3,6-7H,4-5H2. The molecule has 0 N–H and O–H groups in total. The third-order valence-corrected chi connectivity index (χ3v) is 2.98. The van der Waals surface area contributed by atoms with Crippen LogP contribution >= 0.6 is 0 Å². The van der Waals surface area contributed by atoms with Crippen LogP contribution in [0.1, 0.15) is 5.69 Å². The quantitative estimate of drug-likeness (QED) is 0.324. The molecular weight excluding hydrogens is 284 g/mol. The van der Waals surface area contributed by atoms with Gasteiger partial charge >= 0.3 is 0 Å². The summed E-state index contributed by atoms with van der Waals surface area (Å²) in [6.45, 7) is 0. The van der Waals surface area contributed by atoms with Crippen molar-refractivity contribution in [3.8, 4) is 11.5 Å². The minimum Gasteiger partial charge on any atom is -0.253 e. The summed E-state index contributed by atoms with van der Waals surface area (Å²) >= 11 is 0. The van der Waals surface area contributed by atoms with E-state index < -0.39 is 0 Å². The van der Waals surface area contributed by atoms with Gasteiger partial charge < -0.3 is 0 Å². The maximum Gasteiger partial charge on any atom is 0.200 e. The van der Waals surface area contributed by atoms with E-state index in [-0.39, 0.29) is 0 Å². The Labute approximate surface area is 152 Å². The lowest BCUT2D eigenvalue weighted by molar-refractivity contribution is 0.902. The minimum absolute atomic E-state index is 0.560. The summed E-state index contributed by atoms with van der Waals surface area (Å²) in [5.74, 6) is 0.560. The molecule has 0 fully saturated rings. The Balaban J connectivity index is 1.60. The van der Waals surface area contributed by atoms with E-state index in [9.17, 15) is 0 Å². The van der Waals surface area contributed by atoms with Crippen LogP contribution in [0.15, 0.2) is 30.6 Å². The van der Waals surface area contributed by atoms with Crippen molar-refractivity contribution in [1.29, 1.82) is 0 Å². The molecule has 0 amide bonds. The SMILES string of the molecule is [B][B][B][B][B][B][B][B][B][B]CCc1cnnc(-c2ccccn2)n1. The first kappa shape index (κ1) is 19.1. The lowest BCUT2D eigenvalue weighted by Gasteiger charge is -2.02. The number of rotatable bonds is 12. The molecule has 14 heteroatoms. The summed E-state index contributed by atoms with van der Waals surface area (Å²) in [5.41, 5.74) is 1.64. The second-order valence-electron chi connectivity index (χ2n) is 4.80. The number of aryl methyl sites for hydroxylation is 1. The van der Waals surface area contributed by atoms with Gasteiger partial charge in [-0.15, -0.1) is 5.10 Å². The van der Waals surface area contributed by atoms with E-state index in [1.807, 2.05) is 60.6 Å². The molecule has 2 rings (SSSR count). The highest BCUT2D eigenvalue weighted by atomic mass is 15.1. The van der Waals surface area contributed by atoms with Gasteiger partial charge in [0.1, 0.15) is 5.69 Å². The van der Waals surface area contributed by atoms with E-state index >= 15 is 0 Å². The molecule has 2 aromatic rings. The second-order valence-corrected chi connectivity index (χ2v) is 4.80. The topological polar surface area (TPSA) is 51.6 Å². The van der Waals surface area contributed by atoms with Crippen molar-refractivity contribution >= 4 is 71.4 Å². The second kappa shape index (κ2) is 12.2. The summed E-state index contributed by atoms with van der Waals surface area (Å²) in [5, 5.41) is 8.04. The Kier molecular flexibility index (Phi) is 9.74. The van der Waals surface area contributed by atoms with Crippen LogP contribution < -0.4 is 0 Å². The van der Waals surface area contributed by atoms with Crippen molar-refractivity contribution in [3.05, 3.63) is 36.3 Å². The summed E-state index contributed by atoms with van der Waals surface area (Å²) in [4.78, 5) is 8.74. The van der Waals surface area contributed by atoms with Gasteiger partial charge in [-0.3, -0.25) is 4.98 Å². The molecule has 0 atom stereocenters. The Hall–Kier alpha value is -1.19. The fourth-order valence-corrected chi connectivity index (χ4v) is 1.85. The molecule has 0 spiro atoms. The van der Waals surface area contributed by atoms with E-state index in [0.29, 0.717) is 5.82 Å². The lowest BCUT2D eigenvalue weighted by atomic mass is 8.89. The molecule has 11 radical (unpaired) electrons. The average molecular weight is 293 g/mol. The maximum atomic E-state index is 5.22. The number of hydrogen-bond acceptors (Lipinski definition) is 4. The summed E-state index contributed by atoms with van der Waals surface area (Å²) < 4.78 is 0. The van der Waals surface area contributed by atoms with E-state index in [4.69, 9.17) is 7.74 Å². The molecule has 0 aliphatic heterocycles. The van der Waals surface area contributed by atoms with Crippen molar-refractivity contribution in [1.82, 2.24) is 20.2 Å². The lowest BCUT2D eigenvalue weighted by Crippen LogP contribution is -2.31. The minimum atomic E-state index is 0.560. The molecule has 0 aromatic carbocycles. The molecular formula is C10H9B10N4. The fourth-order valence-electron chi connectivity index (χ4n) is 1.85. The third-order valence-electron chi connectivity index (χ3n) is 2.98. The molecule has 0 saturated carbocycles. The van der Waals surface area contributed by atoms with Crippen LogP contribution in [0.5, 0.6) is 0 Å². The number of pyridine rings is 1.